The van der Waals surface area contributed by atoms with E-state index in [0.29, 0.717) is 15.8 Å². The number of methoxy groups -OCH3 is 1. The van der Waals surface area contributed by atoms with E-state index < -0.39 is 5.91 Å². The van der Waals surface area contributed by atoms with E-state index >= 15 is 0 Å². The highest BCUT2D eigenvalue weighted by Gasteiger charge is 2.23. The summed E-state index contributed by atoms with van der Waals surface area (Å²) in [5.74, 6) is 0.0334. The molecule has 3 aromatic rings. The number of benzene rings is 1. The van der Waals surface area contributed by atoms with Crippen molar-refractivity contribution in [3.8, 4) is 16.9 Å². The van der Waals surface area contributed by atoms with Gasteiger partial charge in [0.05, 0.1) is 18.2 Å². The molecule has 2 heterocycles. The number of hydrogen-bond acceptors (Lipinski definition) is 5. The van der Waals surface area contributed by atoms with Gasteiger partial charge in [-0.05, 0) is 40.0 Å². The number of ether oxygens (including phenoxy) is 1. The molecule has 7 nitrogen and oxygen atoms in total. The monoisotopic (exact) mass is 389 g/mol. The number of primary amides is 1. The molecular weight excluding hydrogens is 374 g/mol. The van der Waals surface area contributed by atoms with Gasteiger partial charge in [-0.2, -0.15) is 5.10 Å². The number of hydrogen-bond donors (Lipinski definition) is 2. The number of aromatic nitrogens is 3. The predicted molar refractivity (Wildman–Crippen MR) is 95.9 cm³/mol. The quantitative estimate of drug-likeness (QED) is 0.714. The van der Waals surface area contributed by atoms with Gasteiger partial charge in [-0.15, -0.1) is 0 Å². The van der Waals surface area contributed by atoms with Crippen LogP contribution in [0.25, 0.3) is 22.2 Å². The number of pyridine rings is 1. The van der Waals surface area contributed by atoms with Crippen molar-refractivity contribution in [3.05, 3.63) is 34.1 Å². The number of rotatable bonds is 3. The molecule has 0 aliphatic rings. The minimum Gasteiger partial charge on any atom is -0.496 e. The average molecular weight is 390 g/mol. The van der Waals surface area contributed by atoms with Crippen molar-refractivity contribution in [1.29, 1.82) is 0 Å². The van der Waals surface area contributed by atoms with Crippen LogP contribution in [-0.2, 0) is 7.05 Å². The lowest BCUT2D eigenvalue weighted by Crippen LogP contribution is -2.17. The van der Waals surface area contributed by atoms with Crippen LogP contribution in [0, 0.1) is 6.92 Å². The molecule has 1 aromatic carbocycles. The highest BCUT2D eigenvalue weighted by molar-refractivity contribution is 9.10. The second-order valence-electron chi connectivity index (χ2n) is 5.36. The molecule has 0 unspecified atom stereocenters. The Morgan fingerprint density at radius 3 is 2.71 bits per heavy atom. The van der Waals surface area contributed by atoms with E-state index in [1.54, 1.807) is 18.8 Å². The van der Waals surface area contributed by atoms with Gasteiger partial charge in [0.25, 0.3) is 5.91 Å². The van der Waals surface area contributed by atoms with E-state index in [0.717, 1.165) is 22.3 Å². The van der Waals surface area contributed by atoms with E-state index in [1.807, 2.05) is 25.1 Å². The Hall–Kier alpha value is -2.61. The largest absolute Gasteiger partial charge is 0.496 e. The zero-order chi connectivity index (χ0) is 17.6. The topological polar surface area (TPSA) is 109 Å². The molecule has 124 valence electrons. The Bertz CT molecular complexity index is 980. The fourth-order valence-electron chi connectivity index (χ4n) is 2.82. The lowest BCUT2D eigenvalue weighted by atomic mass is 9.95. The molecular formula is C16H16BrN5O2. The third-order valence-electron chi connectivity index (χ3n) is 3.97. The summed E-state index contributed by atoms with van der Waals surface area (Å²) in [5.41, 5.74) is 14.9. The average Bonchev–Trinajstić information content (AvgIpc) is 2.81. The first-order chi connectivity index (χ1) is 11.4. The van der Waals surface area contributed by atoms with Gasteiger partial charge in [0.15, 0.2) is 11.3 Å². The minimum absolute atomic E-state index is 0.0234. The smallest absolute Gasteiger partial charge is 0.269 e. The second kappa shape index (κ2) is 5.79. The molecule has 0 aliphatic carbocycles. The summed E-state index contributed by atoms with van der Waals surface area (Å²) < 4.78 is 7.56. The number of anilines is 1. The maximum atomic E-state index is 11.8. The Morgan fingerprint density at radius 1 is 1.38 bits per heavy atom. The van der Waals surface area contributed by atoms with E-state index in [2.05, 4.69) is 26.0 Å². The van der Waals surface area contributed by atoms with E-state index in [1.165, 1.54) is 0 Å². The summed E-state index contributed by atoms with van der Waals surface area (Å²) in [7, 11) is 3.34. The summed E-state index contributed by atoms with van der Waals surface area (Å²) in [6, 6.07) is 5.63. The maximum absolute atomic E-state index is 11.8. The molecule has 0 radical (unpaired) electrons. The molecule has 0 atom stereocenters. The highest BCUT2D eigenvalue weighted by Crippen LogP contribution is 2.41. The maximum Gasteiger partial charge on any atom is 0.269 e. The van der Waals surface area contributed by atoms with Crippen LogP contribution >= 0.6 is 15.9 Å². The summed E-state index contributed by atoms with van der Waals surface area (Å²) in [5, 5.41) is 5.04. The van der Waals surface area contributed by atoms with Gasteiger partial charge in [-0.1, -0.05) is 12.1 Å². The summed E-state index contributed by atoms with van der Waals surface area (Å²) in [4.78, 5) is 16.1. The number of carbonyl (C=O) groups excluding carboxylic acids is 1. The molecule has 0 aliphatic heterocycles. The molecule has 8 heteroatoms. The lowest BCUT2D eigenvalue weighted by Gasteiger charge is -2.15. The Morgan fingerprint density at radius 2 is 2.08 bits per heavy atom. The van der Waals surface area contributed by atoms with Crippen molar-refractivity contribution in [2.24, 2.45) is 12.8 Å². The summed E-state index contributed by atoms with van der Waals surface area (Å²) in [6.45, 7) is 1.92. The van der Waals surface area contributed by atoms with Crippen molar-refractivity contribution in [1.82, 2.24) is 14.8 Å². The van der Waals surface area contributed by atoms with Crippen LogP contribution in [-0.4, -0.2) is 27.8 Å². The van der Waals surface area contributed by atoms with Gasteiger partial charge in [-0.25, -0.2) is 9.67 Å². The first kappa shape index (κ1) is 16.3. The fourth-order valence-corrected chi connectivity index (χ4v) is 3.43. The van der Waals surface area contributed by atoms with Crippen molar-refractivity contribution >= 4 is 38.6 Å². The molecule has 0 fully saturated rings. The first-order valence-electron chi connectivity index (χ1n) is 7.12. The molecule has 0 spiro atoms. The Labute approximate surface area is 146 Å². The third kappa shape index (κ3) is 2.30. The van der Waals surface area contributed by atoms with Gasteiger partial charge in [0.2, 0.25) is 0 Å². The Balaban J connectivity index is 2.51. The van der Waals surface area contributed by atoms with Gasteiger partial charge in [0.1, 0.15) is 10.4 Å². The van der Waals surface area contributed by atoms with E-state index in [-0.39, 0.29) is 11.4 Å². The summed E-state index contributed by atoms with van der Waals surface area (Å²) in [6.07, 6.45) is 0. The van der Waals surface area contributed by atoms with Gasteiger partial charge in [0, 0.05) is 12.6 Å². The van der Waals surface area contributed by atoms with E-state index in [9.17, 15) is 4.79 Å². The van der Waals surface area contributed by atoms with Crippen molar-refractivity contribution in [2.75, 3.05) is 12.8 Å². The minimum atomic E-state index is -0.687. The molecule has 0 bridgehead atoms. The fraction of sp³-hybridized carbons (Fsp3) is 0.188. The van der Waals surface area contributed by atoms with Gasteiger partial charge in [-0.3, -0.25) is 4.79 Å². The molecule has 0 saturated heterocycles. The van der Waals surface area contributed by atoms with Gasteiger partial charge < -0.3 is 16.2 Å². The van der Waals surface area contributed by atoms with Crippen LogP contribution in [0.5, 0.6) is 5.75 Å². The third-order valence-corrected chi connectivity index (χ3v) is 4.53. The SMILES string of the molecule is COc1cccc(-c2c(N)c(C(N)=O)nc3c2c(Br)nn3C)c1C. The van der Waals surface area contributed by atoms with Crippen LogP contribution in [0.1, 0.15) is 16.1 Å². The molecule has 4 N–H and O–H groups in total. The molecule has 2 aromatic heterocycles. The number of amides is 1. The number of nitrogens with two attached hydrogens (primary N) is 2. The van der Waals surface area contributed by atoms with Crippen LogP contribution in [0.2, 0.25) is 0 Å². The van der Waals surface area contributed by atoms with Crippen LogP contribution < -0.4 is 16.2 Å². The molecule has 1 amide bonds. The van der Waals surface area contributed by atoms with Crippen molar-refractivity contribution in [3.63, 3.8) is 0 Å². The summed E-state index contributed by atoms with van der Waals surface area (Å²) >= 11 is 3.45. The zero-order valence-electron chi connectivity index (χ0n) is 13.4. The first-order valence-corrected chi connectivity index (χ1v) is 7.91. The standard InChI is InChI=1S/C16H16BrN5O2/c1-7-8(5-4-6-9(7)24-3)10-11-14(17)21-22(2)16(11)20-13(12(10)18)15(19)23/h4-6H,18H2,1-3H3,(H2,19,23). The van der Waals surface area contributed by atoms with Crippen molar-refractivity contribution in [2.45, 2.75) is 6.92 Å². The van der Waals surface area contributed by atoms with Crippen LogP contribution in [0.3, 0.4) is 0 Å². The van der Waals surface area contributed by atoms with Crippen molar-refractivity contribution < 1.29 is 9.53 Å². The normalized spacial score (nSPS) is 11.0. The number of aryl methyl sites for hydroxylation is 1. The number of carbonyl (C=O) groups is 1. The number of fused-ring (bicyclic) bond motifs is 1. The Kier molecular flexibility index (Phi) is 3.92. The number of halogens is 1. The van der Waals surface area contributed by atoms with Crippen LogP contribution in [0.4, 0.5) is 5.69 Å². The highest BCUT2D eigenvalue weighted by atomic mass is 79.9. The van der Waals surface area contributed by atoms with Gasteiger partial charge >= 0.3 is 0 Å². The second-order valence-corrected chi connectivity index (χ2v) is 6.11. The number of nitrogen functional groups attached to an aromatic ring is 1. The zero-order valence-corrected chi connectivity index (χ0v) is 15.0. The molecule has 3 rings (SSSR count). The lowest BCUT2D eigenvalue weighted by molar-refractivity contribution is 0.0997. The molecule has 0 saturated carbocycles. The van der Waals surface area contributed by atoms with Crippen LogP contribution in [0.15, 0.2) is 22.8 Å². The van der Waals surface area contributed by atoms with E-state index in [4.69, 9.17) is 16.2 Å². The molecule has 24 heavy (non-hydrogen) atoms. The number of nitrogens with zero attached hydrogens (tertiary/aromatic N) is 3. The predicted octanol–water partition coefficient (Wildman–Crippen LogP) is 2.40.